The molecule has 2 aromatic heterocycles. The first kappa shape index (κ1) is 13.8. The number of nitrogens with one attached hydrogen (secondary N) is 1. The highest BCUT2D eigenvalue weighted by molar-refractivity contribution is 7.17. The van der Waals surface area contributed by atoms with Crippen LogP contribution in [0.4, 0.5) is 5.69 Å². The summed E-state index contributed by atoms with van der Waals surface area (Å²) in [4.78, 5) is 17.7. The molecule has 1 amide bonds. The number of amides is 1. The molecule has 0 saturated carbocycles. The highest BCUT2D eigenvalue weighted by Gasteiger charge is 2.14. The van der Waals surface area contributed by atoms with Crippen LogP contribution >= 0.6 is 11.3 Å². The van der Waals surface area contributed by atoms with Crippen LogP contribution in [0.3, 0.4) is 0 Å². The van der Waals surface area contributed by atoms with Crippen molar-refractivity contribution in [2.45, 2.75) is 19.8 Å². The molecule has 1 aromatic carbocycles. The van der Waals surface area contributed by atoms with Crippen LogP contribution in [0.2, 0.25) is 0 Å². The van der Waals surface area contributed by atoms with Crippen LogP contribution in [-0.2, 0) is 0 Å². The molecule has 106 valence electrons. The standard InChI is InChI=1S/C17H16N2OS/c1-11(2)13-8-9-18-17-15(13)14(10-21-17)19-16(20)12-6-4-3-5-7-12/h3-11H,1-2H3,(H,19,20). The number of benzene rings is 1. The van der Waals surface area contributed by atoms with Gasteiger partial charge in [-0.15, -0.1) is 11.3 Å². The van der Waals surface area contributed by atoms with Gasteiger partial charge in [0.25, 0.3) is 5.91 Å². The molecular formula is C17H16N2OS. The van der Waals surface area contributed by atoms with Gasteiger partial charge in [0.05, 0.1) is 5.69 Å². The fraction of sp³-hybridized carbons (Fsp3) is 0.176. The third kappa shape index (κ3) is 2.67. The predicted molar refractivity (Wildman–Crippen MR) is 88.1 cm³/mol. The first-order valence-corrected chi connectivity index (χ1v) is 7.77. The number of hydrogen-bond donors (Lipinski definition) is 1. The van der Waals surface area contributed by atoms with Crippen molar-refractivity contribution in [2.24, 2.45) is 0 Å². The molecule has 0 aliphatic heterocycles. The van der Waals surface area contributed by atoms with Gasteiger partial charge in [-0.05, 0) is 29.7 Å². The molecule has 0 bridgehead atoms. The summed E-state index contributed by atoms with van der Waals surface area (Å²) in [5.74, 6) is 0.298. The fourth-order valence-electron chi connectivity index (χ4n) is 2.35. The van der Waals surface area contributed by atoms with Crippen LogP contribution in [0.1, 0.15) is 35.7 Å². The Bertz CT molecular complexity index is 778. The van der Waals surface area contributed by atoms with Gasteiger partial charge < -0.3 is 5.32 Å². The lowest BCUT2D eigenvalue weighted by molar-refractivity contribution is 0.102. The van der Waals surface area contributed by atoms with E-state index in [-0.39, 0.29) is 5.91 Å². The van der Waals surface area contributed by atoms with Gasteiger partial charge in [-0.1, -0.05) is 32.0 Å². The van der Waals surface area contributed by atoms with Gasteiger partial charge in [-0.2, -0.15) is 0 Å². The van der Waals surface area contributed by atoms with E-state index >= 15 is 0 Å². The number of hydrogen-bond acceptors (Lipinski definition) is 3. The molecule has 0 spiro atoms. The van der Waals surface area contributed by atoms with Crippen molar-refractivity contribution < 1.29 is 4.79 Å². The zero-order valence-corrected chi connectivity index (χ0v) is 12.8. The van der Waals surface area contributed by atoms with E-state index in [1.165, 1.54) is 5.56 Å². The maximum atomic E-state index is 12.3. The Morgan fingerprint density at radius 1 is 1.19 bits per heavy atom. The predicted octanol–water partition coefficient (Wildman–Crippen LogP) is 4.67. The summed E-state index contributed by atoms with van der Waals surface area (Å²) in [6.07, 6.45) is 1.83. The number of pyridine rings is 1. The lowest BCUT2D eigenvalue weighted by atomic mass is 10.0. The van der Waals surface area contributed by atoms with E-state index in [1.54, 1.807) is 11.3 Å². The summed E-state index contributed by atoms with van der Waals surface area (Å²) in [6.45, 7) is 4.30. The molecule has 0 saturated heterocycles. The normalized spacial score (nSPS) is 11.0. The number of nitrogens with zero attached hydrogens (tertiary/aromatic N) is 1. The third-order valence-electron chi connectivity index (χ3n) is 3.41. The topological polar surface area (TPSA) is 42.0 Å². The third-order valence-corrected chi connectivity index (χ3v) is 4.30. The van der Waals surface area contributed by atoms with Gasteiger partial charge in [0.1, 0.15) is 4.83 Å². The van der Waals surface area contributed by atoms with Crippen molar-refractivity contribution in [1.29, 1.82) is 0 Å². The maximum Gasteiger partial charge on any atom is 0.255 e. The minimum Gasteiger partial charge on any atom is -0.321 e. The second-order valence-electron chi connectivity index (χ2n) is 5.20. The molecule has 0 unspecified atom stereocenters. The summed E-state index contributed by atoms with van der Waals surface area (Å²) >= 11 is 1.56. The van der Waals surface area contributed by atoms with E-state index in [0.717, 1.165) is 15.9 Å². The van der Waals surface area contributed by atoms with Gasteiger partial charge in [-0.3, -0.25) is 4.79 Å². The van der Waals surface area contributed by atoms with Gasteiger partial charge in [0.2, 0.25) is 0 Å². The van der Waals surface area contributed by atoms with Crippen LogP contribution in [0.25, 0.3) is 10.2 Å². The van der Waals surface area contributed by atoms with Crippen LogP contribution in [0.15, 0.2) is 48.0 Å². The Morgan fingerprint density at radius 3 is 2.67 bits per heavy atom. The first-order valence-electron chi connectivity index (χ1n) is 6.89. The Balaban J connectivity index is 2.00. The van der Waals surface area contributed by atoms with Crippen molar-refractivity contribution in [3.05, 3.63) is 59.1 Å². The lowest BCUT2D eigenvalue weighted by Gasteiger charge is -2.10. The maximum absolute atomic E-state index is 12.3. The Morgan fingerprint density at radius 2 is 1.95 bits per heavy atom. The summed E-state index contributed by atoms with van der Waals surface area (Å²) in [7, 11) is 0. The van der Waals surface area contributed by atoms with Gasteiger partial charge >= 0.3 is 0 Å². The summed E-state index contributed by atoms with van der Waals surface area (Å²) in [5, 5.41) is 6.03. The first-order chi connectivity index (χ1) is 10.2. The number of fused-ring (bicyclic) bond motifs is 1. The molecule has 3 rings (SSSR count). The molecule has 0 aliphatic carbocycles. The second kappa shape index (κ2) is 5.66. The van der Waals surface area contributed by atoms with Crippen LogP contribution < -0.4 is 5.32 Å². The molecule has 3 nitrogen and oxygen atoms in total. The monoisotopic (exact) mass is 296 g/mol. The molecule has 2 heterocycles. The minimum atomic E-state index is -0.0890. The molecular weight excluding hydrogens is 280 g/mol. The zero-order chi connectivity index (χ0) is 14.8. The van der Waals surface area contributed by atoms with E-state index < -0.39 is 0 Å². The van der Waals surface area contributed by atoms with Crippen LogP contribution in [0.5, 0.6) is 0 Å². The summed E-state index contributed by atoms with van der Waals surface area (Å²) in [6, 6.07) is 11.3. The number of thiophene rings is 1. The molecule has 21 heavy (non-hydrogen) atoms. The SMILES string of the molecule is CC(C)c1ccnc2scc(NC(=O)c3ccccc3)c12. The van der Waals surface area contributed by atoms with E-state index in [0.29, 0.717) is 11.5 Å². The molecule has 0 fully saturated rings. The molecule has 3 aromatic rings. The fourth-order valence-corrected chi connectivity index (χ4v) is 3.22. The number of rotatable bonds is 3. The van der Waals surface area contributed by atoms with Crippen molar-refractivity contribution in [1.82, 2.24) is 4.98 Å². The quantitative estimate of drug-likeness (QED) is 0.763. The number of carbonyl (C=O) groups is 1. The van der Waals surface area contributed by atoms with Crippen molar-refractivity contribution in [3.8, 4) is 0 Å². The highest BCUT2D eigenvalue weighted by atomic mass is 32.1. The minimum absolute atomic E-state index is 0.0890. The number of carbonyl (C=O) groups excluding carboxylic acids is 1. The van der Waals surface area contributed by atoms with Gasteiger partial charge in [-0.25, -0.2) is 4.98 Å². The zero-order valence-electron chi connectivity index (χ0n) is 12.0. The number of anilines is 1. The van der Waals surface area contributed by atoms with E-state index in [4.69, 9.17) is 0 Å². The van der Waals surface area contributed by atoms with E-state index in [1.807, 2.05) is 48.0 Å². The van der Waals surface area contributed by atoms with E-state index in [2.05, 4.69) is 24.1 Å². The smallest absolute Gasteiger partial charge is 0.255 e. The summed E-state index contributed by atoms with van der Waals surface area (Å²) < 4.78 is 0. The molecule has 4 heteroatoms. The van der Waals surface area contributed by atoms with Crippen molar-refractivity contribution in [2.75, 3.05) is 5.32 Å². The highest BCUT2D eigenvalue weighted by Crippen LogP contribution is 2.35. The van der Waals surface area contributed by atoms with E-state index in [9.17, 15) is 4.79 Å². The second-order valence-corrected chi connectivity index (χ2v) is 6.06. The Labute approximate surface area is 127 Å². The van der Waals surface area contributed by atoms with Gasteiger partial charge in [0.15, 0.2) is 0 Å². The Kier molecular flexibility index (Phi) is 3.71. The average Bonchev–Trinajstić information content (AvgIpc) is 2.91. The number of aromatic nitrogens is 1. The van der Waals surface area contributed by atoms with Gasteiger partial charge in [0, 0.05) is 22.5 Å². The lowest BCUT2D eigenvalue weighted by Crippen LogP contribution is -2.11. The Hall–Kier alpha value is -2.20. The molecule has 0 atom stereocenters. The van der Waals surface area contributed by atoms with Crippen LogP contribution in [-0.4, -0.2) is 10.9 Å². The van der Waals surface area contributed by atoms with Crippen molar-refractivity contribution >= 4 is 33.1 Å². The van der Waals surface area contributed by atoms with Crippen molar-refractivity contribution in [3.63, 3.8) is 0 Å². The summed E-state index contributed by atoms with van der Waals surface area (Å²) in [5.41, 5.74) is 2.72. The molecule has 0 aliphatic rings. The average molecular weight is 296 g/mol. The van der Waals surface area contributed by atoms with Crippen LogP contribution in [0, 0.1) is 0 Å². The molecule has 0 radical (unpaired) electrons. The molecule has 1 N–H and O–H groups in total. The largest absolute Gasteiger partial charge is 0.321 e.